The van der Waals surface area contributed by atoms with Crippen molar-refractivity contribution in [2.24, 2.45) is 5.73 Å². The summed E-state index contributed by atoms with van der Waals surface area (Å²) in [6.45, 7) is 7.19. The molecule has 1 aromatic heterocycles. The van der Waals surface area contributed by atoms with Crippen LogP contribution in [-0.2, 0) is 4.74 Å². The van der Waals surface area contributed by atoms with E-state index >= 15 is 0 Å². The number of morpholine rings is 1. The summed E-state index contributed by atoms with van der Waals surface area (Å²) in [4.78, 5) is 10.9. The minimum atomic E-state index is 0.0737. The fourth-order valence-corrected chi connectivity index (χ4v) is 1.98. The Balaban J connectivity index is 2.16. The van der Waals surface area contributed by atoms with Crippen molar-refractivity contribution in [1.82, 2.24) is 9.97 Å². The minimum absolute atomic E-state index is 0.0737. The van der Waals surface area contributed by atoms with Gasteiger partial charge in [0, 0.05) is 25.7 Å². The molecule has 0 amide bonds. The number of nitrogens with two attached hydrogens (primary N) is 1. The van der Waals surface area contributed by atoms with E-state index in [2.05, 4.69) is 14.9 Å². The van der Waals surface area contributed by atoms with E-state index in [0.29, 0.717) is 31.5 Å². The second-order valence-corrected chi connectivity index (χ2v) is 4.22. The van der Waals surface area contributed by atoms with E-state index in [-0.39, 0.29) is 6.10 Å². The summed E-state index contributed by atoms with van der Waals surface area (Å²) in [5.41, 5.74) is 5.64. The molecule has 6 nitrogen and oxygen atoms in total. The number of nitrogens with zero attached hydrogens (tertiary/aromatic N) is 3. The summed E-state index contributed by atoms with van der Waals surface area (Å²) in [7, 11) is 0. The molecule has 0 bridgehead atoms. The van der Waals surface area contributed by atoms with Crippen molar-refractivity contribution in [1.29, 1.82) is 0 Å². The molecule has 2 rings (SSSR count). The first-order valence-corrected chi connectivity index (χ1v) is 6.28. The quantitative estimate of drug-likeness (QED) is 0.833. The van der Waals surface area contributed by atoms with Crippen molar-refractivity contribution in [3.05, 3.63) is 11.9 Å². The van der Waals surface area contributed by atoms with Crippen molar-refractivity contribution in [3.63, 3.8) is 0 Å². The normalized spacial score (nSPS) is 19.9. The van der Waals surface area contributed by atoms with Gasteiger partial charge in [-0.2, -0.15) is 4.98 Å². The first-order chi connectivity index (χ1) is 8.72. The molecule has 2 heterocycles. The van der Waals surface area contributed by atoms with Gasteiger partial charge in [0.15, 0.2) is 0 Å². The van der Waals surface area contributed by atoms with Gasteiger partial charge in [-0.1, -0.05) is 0 Å². The Kier molecular flexibility index (Phi) is 4.33. The summed E-state index contributed by atoms with van der Waals surface area (Å²) >= 11 is 0. The molecule has 0 radical (unpaired) electrons. The number of hydrogen-bond donors (Lipinski definition) is 1. The largest absolute Gasteiger partial charge is 0.478 e. The molecule has 0 saturated carbocycles. The summed E-state index contributed by atoms with van der Waals surface area (Å²) in [6.07, 6.45) is 0.0737. The van der Waals surface area contributed by atoms with Crippen LogP contribution in [0.1, 0.15) is 12.7 Å². The average molecular weight is 252 g/mol. The summed E-state index contributed by atoms with van der Waals surface area (Å²) in [6, 6.07) is 1.87. The van der Waals surface area contributed by atoms with E-state index < -0.39 is 0 Å². The molecular weight excluding hydrogens is 232 g/mol. The molecule has 18 heavy (non-hydrogen) atoms. The SMILES string of the molecule is CCOc1cc(N2CCOC(CN)C2)nc(C)n1. The molecule has 6 heteroatoms. The summed E-state index contributed by atoms with van der Waals surface area (Å²) < 4.78 is 11.0. The molecule has 1 unspecified atom stereocenters. The smallest absolute Gasteiger partial charge is 0.218 e. The van der Waals surface area contributed by atoms with E-state index in [1.54, 1.807) is 0 Å². The molecular formula is C12H20N4O2. The fraction of sp³-hybridized carbons (Fsp3) is 0.667. The first-order valence-electron chi connectivity index (χ1n) is 6.28. The lowest BCUT2D eigenvalue weighted by Gasteiger charge is -2.33. The molecule has 100 valence electrons. The molecule has 0 aromatic carbocycles. The Bertz CT molecular complexity index is 400. The molecule has 1 fully saturated rings. The molecule has 1 saturated heterocycles. The Morgan fingerprint density at radius 3 is 3.11 bits per heavy atom. The molecule has 2 N–H and O–H groups in total. The number of hydrogen-bond acceptors (Lipinski definition) is 6. The van der Waals surface area contributed by atoms with Gasteiger partial charge in [0.2, 0.25) is 5.88 Å². The zero-order valence-electron chi connectivity index (χ0n) is 10.9. The highest BCUT2D eigenvalue weighted by atomic mass is 16.5. The molecule has 0 spiro atoms. The maximum atomic E-state index is 5.64. The van der Waals surface area contributed by atoms with E-state index in [0.717, 1.165) is 18.9 Å². The van der Waals surface area contributed by atoms with Crippen LogP contribution in [0.4, 0.5) is 5.82 Å². The number of ether oxygens (including phenoxy) is 2. The van der Waals surface area contributed by atoms with E-state index in [9.17, 15) is 0 Å². The third-order valence-electron chi connectivity index (χ3n) is 2.82. The van der Waals surface area contributed by atoms with E-state index in [1.165, 1.54) is 0 Å². The van der Waals surface area contributed by atoms with Crippen molar-refractivity contribution in [2.45, 2.75) is 20.0 Å². The predicted molar refractivity (Wildman–Crippen MR) is 68.9 cm³/mol. The van der Waals surface area contributed by atoms with Gasteiger partial charge in [-0.05, 0) is 13.8 Å². The van der Waals surface area contributed by atoms with Gasteiger partial charge in [0.05, 0.1) is 19.3 Å². The van der Waals surface area contributed by atoms with Gasteiger partial charge in [-0.15, -0.1) is 0 Å². The van der Waals surface area contributed by atoms with Crippen LogP contribution in [0.15, 0.2) is 6.07 Å². The average Bonchev–Trinajstić information content (AvgIpc) is 2.38. The summed E-state index contributed by atoms with van der Waals surface area (Å²) in [5.74, 6) is 2.22. The number of anilines is 1. The monoisotopic (exact) mass is 252 g/mol. The van der Waals surface area contributed by atoms with Gasteiger partial charge < -0.3 is 20.1 Å². The van der Waals surface area contributed by atoms with Gasteiger partial charge in [0.25, 0.3) is 0 Å². The van der Waals surface area contributed by atoms with Crippen molar-refractivity contribution >= 4 is 5.82 Å². The number of aromatic nitrogens is 2. The molecule has 1 aliphatic heterocycles. The number of aryl methyl sites for hydroxylation is 1. The standard InChI is InChI=1S/C12H20N4O2/c1-3-17-12-6-11(14-9(2)15-12)16-4-5-18-10(7-13)8-16/h6,10H,3-5,7-8,13H2,1-2H3. The topological polar surface area (TPSA) is 73.5 Å². The third kappa shape index (κ3) is 3.08. The molecule has 1 atom stereocenters. The van der Waals surface area contributed by atoms with Gasteiger partial charge in [-0.3, -0.25) is 0 Å². The van der Waals surface area contributed by atoms with Crippen LogP contribution in [0.2, 0.25) is 0 Å². The fourth-order valence-electron chi connectivity index (χ4n) is 1.98. The first kappa shape index (κ1) is 13.0. The maximum absolute atomic E-state index is 5.64. The molecule has 0 aliphatic carbocycles. The van der Waals surface area contributed by atoms with Gasteiger partial charge in [-0.25, -0.2) is 4.98 Å². The molecule has 1 aromatic rings. The highest BCUT2D eigenvalue weighted by Gasteiger charge is 2.21. The number of rotatable bonds is 4. The zero-order valence-corrected chi connectivity index (χ0v) is 10.9. The highest BCUT2D eigenvalue weighted by Crippen LogP contribution is 2.19. The Hall–Kier alpha value is -1.40. The lowest BCUT2D eigenvalue weighted by Crippen LogP contribution is -2.46. The van der Waals surface area contributed by atoms with Crippen molar-refractivity contribution in [3.8, 4) is 5.88 Å². The van der Waals surface area contributed by atoms with Crippen molar-refractivity contribution in [2.75, 3.05) is 37.7 Å². The minimum Gasteiger partial charge on any atom is -0.478 e. The second-order valence-electron chi connectivity index (χ2n) is 4.22. The van der Waals surface area contributed by atoms with Crippen LogP contribution < -0.4 is 15.4 Å². The van der Waals surface area contributed by atoms with Crippen LogP contribution in [0, 0.1) is 6.92 Å². The van der Waals surface area contributed by atoms with Crippen molar-refractivity contribution < 1.29 is 9.47 Å². The lowest BCUT2D eigenvalue weighted by atomic mass is 10.2. The van der Waals surface area contributed by atoms with Crippen LogP contribution in [0.25, 0.3) is 0 Å². The lowest BCUT2D eigenvalue weighted by molar-refractivity contribution is 0.0462. The van der Waals surface area contributed by atoms with Crippen LogP contribution in [0.5, 0.6) is 5.88 Å². The van der Waals surface area contributed by atoms with Gasteiger partial charge in [0.1, 0.15) is 11.6 Å². The van der Waals surface area contributed by atoms with Crippen LogP contribution in [0.3, 0.4) is 0 Å². The highest BCUT2D eigenvalue weighted by molar-refractivity contribution is 5.42. The predicted octanol–water partition coefficient (Wildman–Crippen LogP) is 0.348. The van der Waals surface area contributed by atoms with Crippen LogP contribution >= 0.6 is 0 Å². The maximum Gasteiger partial charge on any atom is 0.218 e. The Morgan fingerprint density at radius 2 is 2.39 bits per heavy atom. The molecule has 1 aliphatic rings. The third-order valence-corrected chi connectivity index (χ3v) is 2.82. The van der Waals surface area contributed by atoms with Gasteiger partial charge >= 0.3 is 0 Å². The second kappa shape index (κ2) is 5.97. The Labute approximate surface area is 107 Å². The van der Waals surface area contributed by atoms with Crippen LogP contribution in [-0.4, -0.2) is 48.9 Å². The Morgan fingerprint density at radius 1 is 1.56 bits per heavy atom. The van der Waals surface area contributed by atoms with E-state index in [4.69, 9.17) is 15.2 Å². The summed E-state index contributed by atoms with van der Waals surface area (Å²) in [5, 5.41) is 0. The van der Waals surface area contributed by atoms with E-state index in [1.807, 2.05) is 19.9 Å². The zero-order chi connectivity index (χ0) is 13.0.